The molecule has 1 aromatic heterocycles. The molecule has 1 heterocycles. The van der Waals surface area contributed by atoms with E-state index in [0.717, 1.165) is 25.7 Å². The molecule has 0 atom stereocenters. The number of nitrogens with zero attached hydrogens (tertiary/aromatic N) is 1. The molecule has 5 heteroatoms. The van der Waals surface area contributed by atoms with Gasteiger partial charge in [-0.3, -0.25) is 4.79 Å². The molecule has 1 fully saturated rings. The van der Waals surface area contributed by atoms with Crippen molar-refractivity contribution in [3.05, 3.63) is 17.5 Å². The molecule has 2 N–H and O–H groups in total. The molecule has 1 saturated carbocycles. The zero-order valence-electron chi connectivity index (χ0n) is 10.9. The second kappa shape index (κ2) is 5.10. The van der Waals surface area contributed by atoms with Crippen molar-refractivity contribution in [3.8, 4) is 0 Å². The highest BCUT2D eigenvalue weighted by Gasteiger charge is 2.35. The lowest BCUT2D eigenvalue weighted by Gasteiger charge is -2.38. The summed E-state index contributed by atoms with van der Waals surface area (Å²) in [7, 11) is 0. The molecule has 0 spiro atoms. The van der Waals surface area contributed by atoms with Gasteiger partial charge in [0.05, 0.1) is 17.8 Å². The number of aromatic nitrogens is 1. The third-order valence-electron chi connectivity index (χ3n) is 3.76. The molecule has 5 nitrogen and oxygen atoms in total. The SMILES string of the molecule is Cc1cc(C(=O)NC2(CO)CCC(C)CC2)on1. The van der Waals surface area contributed by atoms with E-state index in [9.17, 15) is 9.90 Å². The number of hydrogen-bond acceptors (Lipinski definition) is 4. The van der Waals surface area contributed by atoms with Crippen molar-refractivity contribution in [1.29, 1.82) is 0 Å². The predicted octanol–water partition coefficient (Wildman–Crippen LogP) is 1.65. The number of nitrogens with one attached hydrogen (secondary N) is 1. The minimum atomic E-state index is -0.496. The molecule has 2 rings (SSSR count). The first-order valence-corrected chi connectivity index (χ1v) is 6.41. The Morgan fingerprint density at radius 3 is 2.78 bits per heavy atom. The molecule has 1 aromatic rings. The Hall–Kier alpha value is -1.36. The van der Waals surface area contributed by atoms with Crippen molar-refractivity contribution in [2.45, 2.75) is 45.1 Å². The predicted molar refractivity (Wildman–Crippen MR) is 66.2 cm³/mol. The van der Waals surface area contributed by atoms with Gasteiger partial charge in [0, 0.05) is 6.07 Å². The van der Waals surface area contributed by atoms with Crippen LogP contribution in [0.1, 0.15) is 48.9 Å². The van der Waals surface area contributed by atoms with Crippen LogP contribution >= 0.6 is 0 Å². The van der Waals surface area contributed by atoms with Crippen LogP contribution in [0.2, 0.25) is 0 Å². The Balaban J connectivity index is 2.04. The summed E-state index contributed by atoms with van der Waals surface area (Å²) in [5.74, 6) is 0.576. The Bertz CT molecular complexity index is 420. The van der Waals surface area contributed by atoms with Crippen LogP contribution in [-0.4, -0.2) is 28.3 Å². The van der Waals surface area contributed by atoms with E-state index >= 15 is 0 Å². The van der Waals surface area contributed by atoms with Gasteiger partial charge >= 0.3 is 0 Å². The third kappa shape index (κ3) is 2.72. The highest BCUT2D eigenvalue weighted by molar-refractivity contribution is 5.92. The van der Waals surface area contributed by atoms with Crippen molar-refractivity contribution < 1.29 is 14.4 Å². The molecule has 0 bridgehead atoms. The molecule has 0 unspecified atom stereocenters. The van der Waals surface area contributed by atoms with Gasteiger partial charge in [-0.2, -0.15) is 0 Å². The Kier molecular flexibility index (Phi) is 3.71. The largest absolute Gasteiger partial charge is 0.394 e. The average molecular weight is 252 g/mol. The maximum Gasteiger partial charge on any atom is 0.290 e. The summed E-state index contributed by atoms with van der Waals surface area (Å²) in [5.41, 5.74) is 0.181. The van der Waals surface area contributed by atoms with Gasteiger partial charge in [-0.05, 0) is 38.5 Å². The first-order valence-electron chi connectivity index (χ1n) is 6.41. The van der Waals surface area contributed by atoms with Gasteiger partial charge in [0.25, 0.3) is 5.91 Å². The maximum absolute atomic E-state index is 12.0. The molecule has 1 amide bonds. The number of carbonyl (C=O) groups excluding carboxylic acids is 1. The Labute approximate surface area is 107 Å². The van der Waals surface area contributed by atoms with E-state index in [1.807, 2.05) is 0 Å². The summed E-state index contributed by atoms with van der Waals surface area (Å²) >= 11 is 0. The molecule has 0 aliphatic heterocycles. The van der Waals surface area contributed by atoms with Crippen LogP contribution in [0.4, 0.5) is 0 Å². The van der Waals surface area contributed by atoms with Crippen LogP contribution in [0.3, 0.4) is 0 Å². The Morgan fingerprint density at radius 2 is 2.28 bits per heavy atom. The van der Waals surface area contributed by atoms with Crippen LogP contribution in [0.5, 0.6) is 0 Å². The topological polar surface area (TPSA) is 75.4 Å². The summed E-state index contributed by atoms with van der Waals surface area (Å²) in [6, 6.07) is 1.60. The second-order valence-electron chi connectivity index (χ2n) is 5.41. The highest BCUT2D eigenvalue weighted by Crippen LogP contribution is 2.31. The number of hydrogen-bond donors (Lipinski definition) is 2. The van der Waals surface area contributed by atoms with E-state index in [2.05, 4.69) is 17.4 Å². The van der Waals surface area contributed by atoms with E-state index in [-0.39, 0.29) is 18.3 Å². The van der Waals surface area contributed by atoms with Crippen molar-refractivity contribution in [3.63, 3.8) is 0 Å². The molecule has 0 radical (unpaired) electrons. The zero-order chi connectivity index (χ0) is 13.2. The summed E-state index contributed by atoms with van der Waals surface area (Å²) in [5, 5.41) is 16.2. The second-order valence-corrected chi connectivity index (χ2v) is 5.41. The van der Waals surface area contributed by atoms with E-state index < -0.39 is 5.54 Å². The molecule has 100 valence electrons. The fourth-order valence-corrected chi connectivity index (χ4v) is 2.41. The number of aliphatic hydroxyl groups is 1. The van der Waals surface area contributed by atoms with Crippen LogP contribution in [-0.2, 0) is 0 Å². The van der Waals surface area contributed by atoms with Gasteiger partial charge in [0.2, 0.25) is 5.76 Å². The number of carbonyl (C=O) groups is 1. The van der Waals surface area contributed by atoms with E-state index in [4.69, 9.17) is 4.52 Å². The summed E-state index contributed by atoms with van der Waals surface area (Å²) < 4.78 is 4.93. The fourth-order valence-electron chi connectivity index (χ4n) is 2.41. The van der Waals surface area contributed by atoms with Gasteiger partial charge < -0.3 is 14.9 Å². The third-order valence-corrected chi connectivity index (χ3v) is 3.76. The maximum atomic E-state index is 12.0. The van der Waals surface area contributed by atoms with Gasteiger partial charge in [-0.25, -0.2) is 0 Å². The molecular formula is C13H20N2O3. The standard InChI is InChI=1S/C13H20N2O3/c1-9-3-5-13(8-16,6-4-9)14-12(17)11-7-10(2)15-18-11/h7,9,16H,3-6,8H2,1-2H3,(H,14,17). The minimum Gasteiger partial charge on any atom is -0.394 e. The van der Waals surface area contributed by atoms with Crippen molar-refractivity contribution in [1.82, 2.24) is 10.5 Å². The fraction of sp³-hybridized carbons (Fsp3) is 0.692. The van der Waals surface area contributed by atoms with Gasteiger partial charge in [0.1, 0.15) is 0 Å². The normalized spacial score (nSPS) is 28.1. The van der Waals surface area contributed by atoms with Crippen molar-refractivity contribution in [2.24, 2.45) is 5.92 Å². The minimum absolute atomic E-state index is 0.0292. The highest BCUT2D eigenvalue weighted by atomic mass is 16.5. The summed E-state index contributed by atoms with van der Waals surface area (Å²) in [6.07, 6.45) is 3.67. The molecule has 0 aromatic carbocycles. The molecule has 1 aliphatic rings. The number of aliphatic hydroxyl groups excluding tert-OH is 1. The first-order chi connectivity index (χ1) is 8.54. The van der Waals surface area contributed by atoms with Gasteiger partial charge in [-0.15, -0.1) is 0 Å². The van der Waals surface area contributed by atoms with Crippen molar-refractivity contribution >= 4 is 5.91 Å². The first kappa shape index (κ1) is 13.1. The van der Waals surface area contributed by atoms with Gasteiger partial charge in [0.15, 0.2) is 0 Å². The molecule has 18 heavy (non-hydrogen) atoms. The summed E-state index contributed by atoms with van der Waals surface area (Å²) in [6.45, 7) is 3.94. The molecular weight excluding hydrogens is 232 g/mol. The lowest BCUT2D eigenvalue weighted by Crippen LogP contribution is -2.53. The van der Waals surface area contributed by atoms with Crippen LogP contribution in [0, 0.1) is 12.8 Å². The Morgan fingerprint density at radius 1 is 1.61 bits per heavy atom. The smallest absolute Gasteiger partial charge is 0.290 e. The number of rotatable bonds is 3. The van der Waals surface area contributed by atoms with Crippen LogP contribution in [0.25, 0.3) is 0 Å². The zero-order valence-corrected chi connectivity index (χ0v) is 10.9. The monoisotopic (exact) mass is 252 g/mol. The molecule has 0 saturated heterocycles. The van der Waals surface area contributed by atoms with E-state index in [0.29, 0.717) is 11.6 Å². The molecule has 1 aliphatic carbocycles. The quantitative estimate of drug-likeness (QED) is 0.857. The van der Waals surface area contributed by atoms with Crippen LogP contribution in [0.15, 0.2) is 10.6 Å². The van der Waals surface area contributed by atoms with E-state index in [1.165, 1.54) is 0 Å². The number of amides is 1. The van der Waals surface area contributed by atoms with Gasteiger partial charge in [-0.1, -0.05) is 12.1 Å². The van der Waals surface area contributed by atoms with Crippen molar-refractivity contribution in [2.75, 3.05) is 6.61 Å². The lowest BCUT2D eigenvalue weighted by molar-refractivity contribution is 0.0685. The van der Waals surface area contributed by atoms with Crippen LogP contribution < -0.4 is 5.32 Å². The lowest BCUT2D eigenvalue weighted by atomic mass is 9.77. The summed E-state index contributed by atoms with van der Waals surface area (Å²) in [4.78, 5) is 12.0. The number of aryl methyl sites for hydroxylation is 1. The average Bonchev–Trinajstić information content (AvgIpc) is 2.79. The van der Waals surface area contributed by atoms with E-state index in [1.54, 1.807) is 13.0 Å².